The number of ether oxygens (including phenoxy) is 3. The van der Waals surface area contributed by atoms with Gasteiger partial charge in [-0.05, 0) is 36.8 Å². The van der Waals surface area contributed by atoms with Crippen molar-refractivity contribution in [2.24, 2.45) is 0 Å². The van der Waals surface area contributed by atoms with Gasteiger partial charge in [0.05, 0.1) is 25.3 Å². The minimum Gasteiger partial charge on any atom is -0.497 e. The third-order valence-corrected chi connectivity index (χ3v) is 3.70. The van der Waals surface area contributed by atoms with Crippen LogP contribution in [0.2, 0.25) is 0 Å². The zero-order valence-corrected chi connectivity index (χ0v) is 15.2. The Balaban J connectivity index is 1.98. The summed E-state index contributed by atoms with van der Waals surface area (Å²) >= 11 is 0. The fourth-order valence-corrected chi connectivity index (χ4v) is 2.35. The molecule has 136 valence electrons. The van der Waals surface area contributed by atoms with Crippen LogP contribution in [-0.4, -0.2) is 38.2 Å². The fraction of sp³-hybridized carbons (Fsp3) is 0.300. The average Bonchev–Trinajstić information content (AvgIpc) is 2.66. The standard InChI is InChI=1S/C20H22N2O4/c1-4-25-19-11-15(12-21)8-9-18(19)26-14-20(23)22(2)13-16-6-5-7-17(10-16)24-3/h5-11H,4,13-14H2,1-3H3. The van der Waals surface area contributed by atoms with Crippen LogP contribution in [0.4, 0.5) is 0 Å². The number of carbonyl (C=O) groups excluding carboxylic acids is 1. The number of hydrogen-bond acceptors (Lipinski definition) is 5. The van der Waals surface area contributed by atoms with Gasteiger partial charge in [-0.25, -0.2) is 0 Å². The van der Waals surface area contributed by atoms with E-state index in [0.29, 0.717) is 30.2 Å². The SMILES string of the molecule is CCOc1cc(C#N)ccc1OCC(=O)N(C)Cc1cccc(OC)c1. The van der Waals surface area contributed by atoms with Crippen molar-refractivity contribution in [3.8, 4) is 23.3 Å². The quantitative estimate of drug-likeness (QED) is 0.729. The number of methoxy groups -OCH3 is 1. The van der Waals surface area contributed by atoms with Gasteiger partial charge in [-0.1, -0.05) is 12.1 Å². The van der Waals surface area contributed by atoms with Crippen LogP contribution >= 0.6 is 0 Å². The van der Waals surface area contributed by atoms with Crippen molar-refractivity contribution in [2.45, 2.75) is 13.5 Å². The van der Waals surface area contributed by atoms with Crippen molar-refractivity contribution >= 4 is 5.91 Å². The Kier molecular flexibility index (Phi) is 6.86. The molecule has 0 bridgehead atoms. The largest absolute Gasteiger partial charge is 0.497 e. The van der Waals surface area contributed by atoms with Gasteiger partial charge in [-0.3, -0.25) is 4.79 Å². The van der Waals surface area contributed by atoms with Crippen LogP contribution in [0, 0.1) is 11.3 Å². The van der Waals surface area contributed by atoms with Gasteiger partial charge in [-0.15, -0.1) is 0 Å². The van der Waals surface area contributed by atoms with Gasteiger partial charge in [0.15, 0.2) is 18.1 Å². The number of amides is 1. The molecule has 6 heteroatoms. The molecule has 0 saturated carbocycles. The van der Waals surface area contributed by atoms with Gasteiger partial charge in [-0.2, -0.15) is 5.26 Å². The van der Waals surface area contributed by atoms with Crippen molar-refractivity contribution in [2.75, 3.05) is 27.4 Å². The summed E-state index contributed by atoms with van der Waals surface area (Å²) in [7, 11) is 3.32. The van der Waals surface area contributed by atoms with Gasteiger partial charge >= 0.3 is 0 Å². The topological polar surface area (TPSA) is 71.8 Å². The minimum absolute atomic E-state index is 0.119. The number of carbonyl (C=O) groups is 1. The number of hydrogen-bond donors (Lipinski definition) is 0. The highest BCUT2D eigenvalue weighted by Crippen LogP contribution is 2.28. The molecule has 1 amide bonds. The maximum Gasteiger partial charge on any atom is 0.260 e. The molecule has 2 aromatic rings. The van der Waals surface area contributed by atoms with E-state index in [1.807, 2.05) is 31.2 Å². The Bertz CT molecular complexity index is 799. The van der Waals surface area contributed by atoms with E-state index in [2.05, 4.69) is 6.07 Å². The second-order valence-electron chi connectivity index (χ2n) is 5.60. The van der Waals surface area contributed by atoms with Crippen LogP contribution in [0.5, 0.6) is 17.2 Å². The van der Waals surface area contributed by atoms with Crippen molar-refractivity contribution in [3.05, 3.63) is 53.6 Å². The third kappa shape index (κ3) is 5.15. The molecule has 0 aliphatic carbocycles. The average molecular weight is 354 g/mol. The van der Waals surface area contributed by atoms with Crippen LogP contribution in [0.25, 0.3) is 0 Å². The van der Waals surface area contributed by atoms with Gasteiger partial charge in [0.1, 0.15) is 5.75 Å². The summed E-state index contributed by atoms with van der Waals surface area (Å²) in [4.78, 5) is 13.9. The van der Waals surface area contributed by atoms with Crippen LogP contribution in [0.3, 0.4) is 0 Å². The molecule has 6 nitrogen and oxygen atoms in total. The molecule has 0 aliphatic rings. The summed E-state index contributed by atoms with van der Waals surface area (Å²) in [5.41, 5.74) is 1.44. The summed E-state index contributed by atoms with van der Waals surface area (Å²) in [6.07, 6.45) is 0. The number of rotatable bonds is 8. The van der Waals surface area contributed by atoms with E-state index >= 15 is 0 Å². The summed E-state index contributed by atoms with van der Waals surface area (Å²) in [6.45, 7) is 2.61. The number of nitrogens with zero attached hydrogens (tertiary/aromatic N) is 2. The first-order chi connectivity index (χ1) is 12.6. The predicted octanol–water partition coefficient (Wildman–Crippen LogP) is 3.00. The summed E-state index contributed by atoms with van der Waals surface area (Å²) < 4.78 is 16.3. The van der Waals surface area contributed by atoms with E-state index in [1.165, 1.54) is 0 Å². The highest BCUT2D eigenvalue weighted by molar-refractivity contribution is 5.77. The smallest absolute Gasteiger partial charge is 0.260 e. The van der Waals surface area contributed by atoms with Crippen LogP contribution in [-0.2, 0) is 11.3 Å². The molecular formula is C20H22N2O4. The van der Waals surface area contributed by atoms with Gasteiger partial charge in [0.2, 0.25) is 0 Å². The fourth-order valence-electron chi connectivity index (χ4n) is 2.35. The van der Waals surface area contributed by atoms with E-state index in [0.717, 1.165) is 11.3 Å². The van der Waals surface area contributed by atoms with Gasteiger partial charge < -0.3 is 19.1 Å². The second-order valence-corrected chi connectivity index (χ2v) is 5.60. The molecule has 0 radical (unpaired) electrons. The van der Waals surface area contributed by atoms with Crippen molar-refractivity contribution in [1.82, 2.24) is 4.90 Å². The second kappa shape index (κ2) is 9.33. The summed E-state index contributed by atoms with van der Waals surface area (Å²) in [6, 6.07) is 14.5. The lowest BCUT2D eigenvalue weighted by Crippen LogP contribution is -2.31. The van der Waals surface area contributed by atoms with Crippen molar-refractivity contribution in [1.29, 1.82) is 5.26 Å². The Morgan fingerprint density at radius 1 is 1.15 bits per heavy atom. The van der Waals surface area contributed by atoms with Crippen molar-refractivity contribution < 1.29 is 19.0 Å². The minimum atomic E-state index is -0.167. The van der Waals surface area contributed by atoms with E-state index in [-0.39, 0.29) is 12.5 Å². The predicted molar refractivity (Wildman–Crippen MR) is 97.3 cm³/mol. The first-order valence-corrected chi connectivity index (χ1v) is 8.24. The molecule has 0 fully saturated rings. The van der Waals surface area contributed by atoms with Crippen molar-refractivity contribution in [3.63, 3.8) is 0 Å². The molecule has 26 heavy (non-hydrogen) atoms. The lowest BCUT2D eigenvalue weighted by atomic mass is 10.2. The first-order valence-electron chi connectivity index (χ1n) is 8.24. The highest BCUT2D eigenvalue weighted by Gasteiger charge is 2.13. The highest BCUT2D eigenvalue weighted by atomic mass is 16.5. The molecular weight excluding hydrogens is 332 g/mol. The molecule has 2 aromatic carbocycles. The van der Waals surface area contributed by atoms with E-state index in [1.54, 1.807) is 37.3 Å². The number of likely N-dealkylation sites (N-methyl/N-ethyl adjacent to an activating group) is 1. The third-order valence-electron chi connectivity index (χ3n) is 3.70. The molecule has 0 unspecified atom stereocenters. The lowest BCUT2D eigenvalue weighted by Gasteiger charge is -2.18. The van der Waals surface area contributed by atoms with E-state index < -0.39 is 0 Å². The zero-order valence-electron chi connectivity index (χ0n) is 15.2. The molecule has 0 aromatic heterocycles. The zero-order chi connectivity index (χ0) is 18.9. The first kappa shape index (κ1) is 19.1. The molecule has 0 aliphatic heterocycles. The lowest BCUT2D eigenvalue weighted by molar-refractivity contribution is -0.132. The normalized spacial score (nSPS) is 9.92. The van der Waals surface area contributed by atoms with Crippen LogP contribution < -0.4 is 14.2 Å². The maximum atomic E-state index is 12.3. The monoisotopic (exact) mass is 354 g/mol. The van der Waals surface area contributed by atoms with Gasteiger partial charge in [0, 0.05) is 19.7 Å². The summed E-state index contributed by atoms with van der Waals surface area (Å²) in [5.74, 6) is 1.47. The number of nitriles is 1. The molecule has 0 heterocycles. The van der Waals surface area contributed by atoms with Crippen LogP contribution in [0.15, 0.2) is 42.5 Å². The Morgan fingerprint density at radius 3 is 2.65 bits per heavy atom. The van der Waals surface area contributed by atoms with Crippen LogP contribution in [0.1, 0.15) is 18.1 Å². The Morgan fingerprint density at radius 2 is 1.96 bits per heavy atom. The Hall–Kier alpha value is -3.20. The molecule has 0 saturated heterocycles. The Labute approximate surface area is 153 Å². The van der Waals surface area contributed by atoms with E-state index in [4.69, 9.17) is 19.5 Å². The molecule has 0 N–H and O–H groups in total. The van der Waals surface area contributed by atoms with E-state index in [9.17, 15) is 4.79 Å². The summed E-state index contributed by atoms with van der Waals surface area (Å²) in [5, 5.41) is 8.97. The van der Waals surface area contributed by atoms with Gasteiger partial charge in [0.25, 0.3) is 5.91 Å². The molecule has 0 spiro atoms. The number of benzene rings is 2. The maximum absolute atomic E-state index is 12.3. The molecule has 0 atom stereocenters. The molecule has 2 rings (SSSR count).